The van der Waals surface area contributed by atoms with Crippen LogP contribution in [0.1, 0.15) is 30.4 Å². The summed E-state index contributed by atoms with van der Waals surface area (Å²) in [7, 11) is 1.62. The van der Waals surface area contributed by atoms with Crippen LogP contribution >= 0.6 is 22.7 Å². The number of methoxy groups -OCH3 is 1. The second-order valence-electron chi connectivity index (χ2n) is 5.22. The van der Waals surface area contributed by atoms with Crippen LogP contribution in [0.5, 0.6) is 5.75 Å². The Morgan fingerprint density at radius 3 is 2.65 bits per heavy atom. The van der Waals surface area contributed by atoms with Crippen molar-refractivity contribution in [2.45, 2.75) is 26.4 Å². The standard InChI is InChI=1S/C14H17NO3S2/c1-14(2,3)18-13(16)11-8(15)7-10(20-11)12-9(17-4)5-6-19-12/h5-7H,15H2,1-4H3. The van der Waals surface area contributed by atoms with Gasteiger partial charge in [0.1, 0.15) is 16.2 Å². The number of nitrogen functional groups attached to an aromatic ring is 1. The van der Waals surface area contributed by atoms with Crippen molar-refractivity contribution < 1.29 is 14.3 Å². The molecule has 4 nitrogen and oxygen atoms in total. The Hall–Kier alpha value is -1.53. The maximum absolute atomic E-state index is 12.1. The Balaban J connectivity index is 2.33. The summed E-state index contributed by atoms with van der Waals surface area (Å²) in [4.78, 5) is 14.4. The van der Waals surface area contributed by atoms with E-state index in [1.165, 1.54) is 11.3 Å². The molecular formula is C14H17NO3S2. The molecule has 108 valence electrons. The predicted octanol–water partition coefficient (Wildman–Crippen LogP) is 4.02. The molecule has 0 radical (unpaired) electrons. The smallest absolute Gasteiger partial charge is 0.350 e. The second-order valence-corrected chi connectivity index (χ2v) is 7.18. The largest absolute Gasteiger partial charge is 0.495 e. The van der Waals surface area contributed by atoms with E-state index in [1.54, 1.807) is 24.5 Å². The highest BCUT2D eigenvalue weighted by molar-refractivity contribution is 7.23. The van der Waals surface area contributed by atoms with Crippen molar-refractivity contribution >= 4 is 34.3 Å². The molecule has 20 heavy (non-hydrogen) atoms. The first-order valence-electron chi connectivity index (χ1n) is 6.06. The Morgan fingerprint density at radius 2 is 2.05 bits per heavy atom. The SMILES string of the molecule is COc1ccsc1-c1cc(N)c(C(=O)OC(C)(C)C)s1. The zero-order valence-electron chi connectivity index (χ0n) is 11.9. The maximum atomic E-state index is 12.1. The average Bonchev–Trinajstić information content (AvgIpc) is 2.91. The lowest BCUT2D eigenvalue weighted by Crippen LogP contribution is -2.23. The molecule has 0 aliphatic carbocycles. The number of hydrogen-bond donors (Lipinski definition) is 1. The molecule has 0 aromatic carbocycles. The topological polar surface area (TPSA) is 61.5 Å². The lowest BCUT2D eigenvalue weighted by atomic mass is 10.2. The predicted molar refractivity (Wildman–Crippen MR) is 83.8 cm³/mol. The summed E-state index contributed by atoms with van der Waals surface area (Å²) in [6.45, 7) is 5.49. The number of anilines is 1. The van der Waals surface area contributed by atoms with Gasteiger partial charge in [-0.15, -0.1) is 22.7 Å². The Labute approximate surface area is 126 Å². The van der Waals surface area contributed by atoms with Crippen LogP contribution in [-0.4, -0.2) is 18.7 Å². The summed E-state index contributed by atoms with van der Waals surface area (Å²) in [5.74, 6) is 0.397. The second kappa shape index (κ2) is 5.46. The van der Waals surface area contributed by atoms with Crippen LogP contribution in [0.25, 0.3) is 9.75 Å². The van der Waals surface area contributed by atoms with Crippen LogP contribution in [0.15, 0.2) is 17.5 Å². The van der Waals surface area contributed by atoms with E-state index in [4.69, 9.17) is 15.2 Å². The van der Waals surface area contributed by atoms with E-state index in [-0.39, 0.29) is 5.97 Å². The molecule has 0 saturated carbocycles. The molecular weight excluding hydrogens is 294 g/mol. The monoisotopic (exact) mass is 311 g/mol. The highest BCUT2D eigenvalue weighted by atomic mass is 32.1. The highest BCUT2D eigenvalue weighted by Crippen LogP contribution is 2.42. The number of hydrogen-bond acceptors (Lipinski definition) is 6. The molecule has 2 N–H and O–H groups in total. The first-order valence-corrected chi connectivity index (χ1v) is 7.76. The van der Waals surface area contributed by atoms with Gasteiger partial charge in [-0.25, -0.2) is 4.79 Å². The molecule has 6 heteroatoms. The first-order chi connectivity index (χ1) is 9.31. The van der Waals surface area contributed by atoms with Gasteiger partial charge in [-0.1, -0.05) is 0 Å². The van der Waals surface area contributed by atoms with Crippen molar-refractivity contribution in [2.24, 2.45) is 0 Å². The quantitative estimate of drug-likeness (QED) is 0.870. The molecule has 0 saturated heterocycles. The molecule has 2 heterocycles. The molecule has 0 atom stereocenters. The molecule has 2 rings (SSSR count). The van der Waals surface area contributed by atoms with E-state index in [0.717, 1.165) is 15.5 Å². The van der Waals surface area contributed by atoms with Gasteiger partial charge in [-0.2, -0.15) is 0 Å². The summed E-state index contributed by atoms with van der Waals surface area (Å²) in [5, 5.41) is 1.94. The van der Waals surface area contributed by atoms with E-state index >= 15 is 0 Å². The molecule has 0 amide bonds. The Bertz CT molecular complexity index is 623. The molecule has 0 aliphatic heterocycles. The molecule has 0 fully saturated rings. The maximum Gasteiger partial charge on any atom is 0.350 e. The number of nitrogens with two attached hydrogens (primary N) is 1. The van der Waals surface area contributed by atoms with Gasteiger partial charge in [0.25, 0.3) is 0 Å². The molecule has 2 aromatic rings. The third-order valence-electron chi connectivity index (χ3n) is 2.42. The van der Waals surface area contributed by atoms with Gasteiger partial charge in [0, 0.05) is 0 Å². The summed E-state index contributed by atoms with van der Waals surface area (Å²) in [6.07, 6.45) is 0. The minimum atomic E-state index is -0.533. The van der Waals surface area contributed by atoms with E-state index in [0.29, 0.717) is 10.6 Å². The number of ether oxygens (including phenoxy) is 2. The van der Waals surface area contributed by atoms with Gasteiger partial charge in [0.15, 0.2) is 0 Å². The van der Waals surface area contributed by atoms with Crippen molar-refractivity contribution in [3.05, 3.63) is 22.4 Å². The number of carbonyl (C=O) groups is 1. The zero-order chi connectivity index (χ0) is 14.9. The fraction of sp³-hybridized carbons (Fsp3) is 0.357. The average molecular weight is 311 g/mol. The summed E-state index contributed by atoms with van der Waals surface area (Å²) >= 11 is 2.88. The van der Waals surface area contributed by atoms with Crippen molar-refractivity contribution in [1.29, 1.82) is 0 Å². The first kappa shape index (κ1) is 14.9. The minimum absolute atomic E-state index is 0.387. The van der Waals surface area contributed by atoms with E-state index < -0.39 is 5.60 Å². The molecule has 0 bridgehead atoms. The van der Waals surface area contributed by atoms with E-state index in [1.807, 2.05) is 32.2 Å². The lowest BCUT2D eigenvalue weighted by molar-refractivity contribution is 0.00764. The normalized spacial score (nSPS) is 11.4. The van der Waals surface area contributed by atoms with Gasteiger partial charge < -0.3 is 15.2 Å². The van der Waals surface area contributed by atoms with Gasteiger partial charge in [0.05, 0.1) is 22.6 Å². The molecule has 0 unspecified atom stereocenters. The third-order valence-corrected chi connectivity index (χ3v) is 4.62. The van der Waals surface area contributed by atoms with Crippen LogP contribution < -0.4 is 10.5 Å². The molecule has 0 aliphatic rings. The van der Waals surface area contributed by atoms with Crippen LogP contribution in [0.2, 0.25) is 0 Å². The van der Waals surface area contributed by atoms with Gasteiger partial charge in [0.2, 0.25) is 0 Å². The number of esters is 1. The van der Waals surface area contributed by atoms with Crippen LogP contribution in [0, 0.1) is 0 Å². The lowest BCUT2D eigenvalue weighted by Gasteiger charge is -2.18. The van der Waals surface area contributed by atoms with Crippen molar-refractivity contribution in [3.63, 3.8) is 0 Å². The Morgan fingerprint density at radius 1 is 1.35 bits per heavy atom. The molecule has 2 aromatic heterocycles. The highest BCUT2D eigenvalue weighted by Gasteiger charge is 2.23. The van der Waals surface area contributed by atoms with Gasteiger partial charge in [-0.05, 0) is 38.3 Å². The van der Waals surface area contributed by atoms with Crippen molar-refractivity contribution in [3.8, 4) is 15.5 Å². The summed E-state index contributed by atoms with van der Waals surface area (Å²) < 4.78 is 10.6. The van der Waals surface area contributed by atoms with Crippen LogP contribution in [0.4, 0.5) is 5.69 Å². The summed E-state index contributed by atoms with van der Waals surface area (Å²) in [6, 6.07) is 3.68. The van der Waals surface area contributed by atoms with E-state index in [9.17, 15) is 4.79 Å². The third kappa shape index (κ3) is 3.13. The number of thiophene rings is 2. The summed E-state index contributed by atoms with van der Waals surface area (Å²) in [5.41, 5.74) is 5.84. The fourth-order valence-corrected chi connectivity index (χ4v) is 3.58. The minimum Gasteiger partial charge on any atom is -0.495 e. The van der Waals surface area contributed by atoms with Gasteiger partial charge >= 0.3 is 5.97 Å². The number of rotatable bonds is 3. The van der Waals surface area contributed by atoms with Crippen LogP contribution in [0.3, 0.4) is 0 Å². The zero-order valence-corrected chi connectivity index (χ0v) is 13.5. The number of carbonyl (C=O) groups excluding carboxylic acids is 1. The van der Waals surface area contributed by atoms with Crippen LogP contribution in [-0.2, 0) is 4.74 Å². The fourth-order valence-electron chi connectivity index (χ4n) is 1.64. The van der Waals surface area contributed by atoms with Crippen molar-refractivity contribution in [2.75, 3.05) is 12.8 Å². The van der Waals surface area contributed by atoms with Crippen molar-refractivity contribution in [1.82, 2.24) is 0 Å². The van der Waals surface area contributed by atoms with Gasteiger partial charge in [-0.3, -0.25) is 0 Å². The van der Waals surface area contributed by atoms with E-state index in [2.05, 4.69) is 0 Å². The molecule has 0 spiro atoms. The Kier molecular flexibility index (Phi) is 4.06.